The van der Waals surface area contributed by atoms with Crippen LogP contribution in [-0.2, 0) is 4.79 Å². The van der Waals surface area contributed by atoms with Gasteiger partial charge in [-0.05, 0) is 6.92 Å². The van der Waals surface area contributed by atoms with Gasteiger partial charge < -0.3 is 16.0 Å². The van der Waals surface area contributed by atoms with Crippen molar-refractivity contribution in [3.8, 4) is 0 Å². The van der Waals surface area contributed by atoms with Gasteiger partial charge in [-0.25, -0.2) is 4.98 Å². The SMILES string of the molecule is CC(N)c1csc(N2CCNC(=O)C2)n1. The standard InChI is InChI=1S/C9H14N4OS/c1-6(10)7-5-15-9(12-7)13-3-2-11-8(14)4-13/h5-6H,2-4,10H2,1H3,(H,11,14). The minimum Gasteiger partial charge on any atom is -0.353 e. The quantitative estimate of drug-likeness (QED) is 0.750. The van der Waals surface area contributed by atoms with Gasteiger partial charge in [0.25, 0.3) is 0 Å². The van der Waals surface area contributed by atoms with Gasteiger partial charge in [0.1, 0.15) is 0 Å². The van der Waals surface area contributed by atoms with Crippen molar-refractivity contribution in [3.63, 3.8) is 0 Å². The molecule has 2 heterocycles. The average molecular weight is 226 g/mol. The molecule has 1 aliphatic rings. The second-order valence-corrected chi connectivity index (χ2v) is 4.45. The molecule has 5 nitrogen and oxygen atoms in total. The Bertz CT molecular complexity index is 363. The molecule has 6 heteroatoms. The number of amides is 1. The molecule has 1 aliphatic heterocycles. The van der Waals surface area contributed by atoms with E-state index >= 15 is 0 Å². The Labute approximate surface area is 92.3 Å². The summed E-state index contributed by atoms with van der Waals surface area (Å²) < 4.78 is 0. The third kappa shape index (κ3) is 2.27. The van der Waals surface area contributed by atoms with Crippen molar-refractivity contribution in [1.29, 1.82) is 0 Å². The fraction of sp³-hybridized carbons (Fsp3) is 0.556. The van der Waals surface area contributed by atoms with E-state index < -0.39 is 0 Å². The number of carbonyl (C=O) groups excluding carboxylic acids is 1. The molecule has 15 heavy (non-hydrogen) atoms. The molecule has 1 fully saturated rings. The topological polar surface area (TPSA) is 71.2 Å². The summed E-state index contributed by atoms with van der Waals surface area (Å²) in [6.07, 6.45) is 0. The molecule has 1 atom stereocenters. The van der Waals surface area contributed by atoms with Crippen molar-refractivity contribution in [3.05, 3.63) is 11.1 Å². The number of nitrogens with zero attached hydrogens (tertiary/aromatic N) is 2. The summed E-state index contributed by atoms with van der Waals surface area (Å²) >= 11 is 1.54. The Balaban J connectivity index is 2.11. The first-order valence-corrected chi connectivity index (χ1v) is 5.77. The first kappa shape index (κ1) is 10.4. The summed E-state index contributed by atoms with van der Waals surface area (Å²) in [5, 5.41) is 5.62. The van der Waals surface area contributed by atoms with Gasteiger partial charge in [-0.3, -0.25) is 4.79 Å². The van der Waals surface area contributed by atoms with Crippen LogP contribution in [0.3, 0.4) is 0 Å². The van der Waals surface area contributed by atoms with E-state index in [1.165, 1.54) is 0 Å². The Hall–Kier alpha value is -1.14. The summed E-state index contributed by atoms with van der Waals surface area (Å²) in [4.78, 5) is 17.6. The molecule has 0 aromatic carbocycles. The van der Waals surface area contributed by atoms with E-state index in [9.17, 15) is 4.79 Å². The van der Waals surface area contributed by atoms with Crippen LogP contribution >= 0.6 is 11.3 Å². The van der Waals surface area contributed by atoms with Crippen molar-refractivity contribution in [1.82, 2.24) is 10.3 Å². The zero-order chi connectivity index (χ0) is 10.8. The Morgan fingerprint density at radius 2 is 2.53 bits per heavy atom. The van der Waals surface area contributed by atoms with Crippen molar-refractivity contribution in [2.75, 3.05) is 24.5 Å². The molecule has 0 bridgehead atoms. The van der Waals surface area contributed by atoms with Gasteiger partial charge in [0.2, 0.25) is 5.91 Å². The molecule has 1 unspecified atom stereocenters. The molecule has 1 aromatic rings. The number of hydrogen-bond acceptors (Lipinski definition) is 5. The smallest absolute Gasteiger partial charge is 0.239 e. The minimum atomic E-state index is -0.0476. The molecule has 1 amide bonds. The number of anilines is 1. The maximum absolute atomic E-state index is 11.2. The van der Waals surface area contributed by atoms with Crippen molar-refractivity contribution >= 4 is 22.4 Å². The van der Waals surface area contributed by atoms with Gasteiger partial charge in [-0.15, -0.1) is 11.3 Å². The molecule has 0 radical (unpaired) electrons. The fourth-order valence-corrected chi connectivity index (χ4v) is 2.39. The van der Waals surface area contributed by atoms with E-state index in [4.69, 9.17) is 5.73 Å². The van der Waals surface area contributed by atoms with Crippen LogP contribution in [-0.4, -0.2) is 30.5 Å². The third-order valence-electron chi connectivity index (χ3n) is 2.29. The van der Waals surface area contributed by atoms with Gasteiger partial charge in [0.05, 0.1) is 12.2 Å². The second kappa shape index (κ2) is 4.16. The number of nitrogens with one attached hydrogen (secondary N) is 1. The first-order chi connectivity index (χ1) is 7.16. The normalized spacial score (nSPS) is 18.8. The highest BCUT2D eigenvalue weighted by molar-refractivity contribution is 7.13. The maximum Gasteiger partial charge on any atom is 0.239 e. The van der Waals surface area contributed by atoms with E-state index in [2.05, 4.69) is 10.3 Å². The van der Waals surface area contributed by atoms with Crippen LogP contribution in [0.1, 0.15) is 18.7 Å². The minimum absolute atomic E-state index is 0.0476. The van der Waals surface area contributed by atoms with Crippen molar-refractivity contribution in [2.24, 2.45) is 5.73 Å². The predicted octanol–water partition coefficient (Wildman–Crippen LogP) is 0.0990. The van der Waals surface area contributed by atoms with Crippen molar-refractivity contribution < 1.29 is 4.79 Å². The molecule has 82 valence electrons. The lowest BCUT2D eigenvalue weighted by Gasteiger charge is -2.25. The number of aromatic nitrogens is 1. The summed E-state index contributed by atoms with van der Waals surface area (Å²) in [5.74, 6) is 0.0544. The fourth-order valence-electron chi connectivity index (χ4n) is 1.43. The summed E-state index contributed by atoms with van der Waals surface area (Å²) in [6, 6.07) is -0.0476. The van der Waals surface area contributed by atoms with E-state index in [-0.39, 0.29) is 11.9 Å². The van der Waals surface area contributed by atoms with Crippen LogP contribution in [0.4, 0.5) is 5.13 Å². The summed E-state index contributed by atoms with van der Waals surface area (Å²) in [6.45, 7) is 3.80. The van der Waals surface area contributed by atoms with Crippen LogP contribution in [0, 0.1) is 0 Å². The van der Waals surface area contributed by atoms with Gasteiger partial charge in [0.15, 0.2) is 5.13 Å². The van der Waals surface area contributed by atoms with Gasteiger partial charge in [-0.1, -0.05) is 0 Å². The first-order valence-electron chi connectivity index (χ1n) is 4.89. The molecule has 2 rings (SSSR count). The van der Waals surface area contributed by atoms with E-state index in [1.807, 2.05) is 17.2 Å². The number of thiazole rings is 1. The lowest BCUT2D eigenvalue weighted by atomic mass is 10.3. The number of nitrogens with two attached hydrogens (primary N) is 1. The van der Waals surface area contributed by atoms with Gasteiger partial charge in [-0.2, -0.15) is 0 Å². The highest BCUT2D eigenvalue weighted by atomic mass is 32.1. The molecule has 3 N–H and O–H groups in total. The zero-order valence-electron chi connectivity index (χ0n) is 8.56. The van der Waals surface area contributed by atoms with Crippen LogP contribution in [0.15, 0.2) is 5.38 Å². The molecular formula is C9H14N4OS. The van der Waals surface area contributed by atoms with Crippen molar-refractivity contribution in [2.45, 2.75) is 13.0 Å². The van der Waals surface area contributed by atoms with Crippen LogP contribution in [0.5, 0.6) is 0 Å². The van der Waals surface area contributed by atoms with Gasteiger partial charge >= 0.3 is 0 Å². The Kier molecular flexibility index (Phi) is 2.88. The highest BCUT2D eigenvalue weighted by Gasteiger charge is 2.19. The number of rotatable bonds is 2. The summed E-state index contributed by atoms with van der Waals surface area (Å²) in [7, 11) is 0. The van der Waals surface area contributed by atoms with E-state index in [0.717, 1.165) is 17.4 Å². The third-order valence-corrected chi connectivity index (χ3v) is 3.20. The molecule has 0 spiro atoms. The highest BCUT2D eigenvalue weighted by Crippen LogP contribution is 2.23. The lowest BCUT2D eigenvalue weighted by Crippen LogP contribution is -2.47. The number of carbonyl (C=O) groups is 1. The molecule has 0 aliphatic carbocycles. The number of piperazine rings is 1. The number of hydrogen-bond donors (Lipinski definition) is 2. The Morgan fingerprint density at radius 1 is 1.73 bits per heavy atom. The van der Waals surface area contributed by atoms with Crippen LogP contribution in [0.2, 0.25) is 0 Å². The van der Waals surface area contributed by atoms with Crippen LogP contribution < -0.4 is 16.0 Å². The molecule has 0 saturated carbocycles. The molecule has 1 saturated heterocycles. The van der Waals surface area contributed by atoms with Gasteiger partial charge in [0, 0.05) is 24.5 Å². The molecule has 1 aromatic heterocycles. The van der Waals surface area contributed by atoms with E-state index in [1.54, 1.807) is 11.3 Å². The summed E-state index contributed by atoms with van der Waals surface area (Å²) in [5.41, 5.74) is 6.62. The predicted molar refractivity (Wildman–Crippen MR) is 59.9 cm³/mol. The van der Waals surface area contributed by atoms with Crippen LogP contribution in [0.25, 0.3) is 0 Å². The second-order valence-electron chi connectivity index (χ2n) is 3.62. The van der Waals surface area contributed by atoms with E-state index in [0.29, 0.717) is 13.1 Å². The molecular weight excluding hydrogens is 212 g/mol. The maximum atomic E-state index is 11.2. The largest absolute Gasteiger partial charge is 0.353 e. The monoisotopic (exact) mass is 226 g/mol. The zero-order valence-corrected chi connectivity index (χ0v) is 9.38. The Morgan fingerprint density at radius 3 is 3.13 bits per heavy atom. The lowest BCUT2D eigenvalue weighted by molar-refractivity contribution is -0.120. The average Bonchev–Trinajstić information content (AvgIpc) is 2.66.